The average Bonchev–Trinajstić information content (AvgIpc) is 2.78. The smallest absolute Gasteiger partial charge is 0.0445 e. The van der Waals surface area contributed by atoms with Gasteiger partial charge in [-0.05, 0) is 48.9 Å². The summed E-state index contributed by atoms with van der Waals surface area (Å²) in [5.41, 5.74) is 9.05. The second kappa shape index (κ2) is 3.91. The summed E-state index contributed by atoms with van der Waals surface area (Å²) in [7, 11) is 0. The van der Waals surface area contributed by atoms with E-state index in [1.807, 2.05) is 0 Å². The Hall–Kier alpha value is -0.340. The average molecular weight is 268 g/mol. The summed E-state index contributed by atoms with van der Waals surface area (Å²) in [6.45, 7) is 4.38. The lowest BCUT2D eigenvalue weighted by Crippen LogP contribution is -2.23. The fraction of sp³-hybridized carbons (Fsp3) is 0.538. The standard InChI is InChI=1S/C13H18BrN/c1-3-4-10-8-13(10,15)12-6-5-11(14)7-9(12)2/h5-7,10H,3-4,8,15H2,1-2H3. The summed E-state index contributed by atoms with van der Waals surface area (Å²) >= 11 is 3.49. The van der Waals surface area contributed by atoms with Gasteiger partial charge in [0.05, 0.1) is 0 Å². The van der Waals surface area contributed by atoms with Crippen LogP contribution >= 0.6 is 15.9 Å². The van der Waals surface area contributed by atoms with Crippen molar-refractivity contribution in [1.29, 1.82) is 0 Å². The zero-order valence-electron chi connectivity index (χ0n) is 9.39. The molecule has 2 atom stereocenters. The molecule has 1 aliphatic rings. The lowest BCUT2D eigenvalue weighted by atomic mass is 9.97. The third kappa shape index (κ3) is 1.98. The minimum Gasteiger partial charge on any atom is -0.321 e. The molecule has 2 unspecified atom stereocenters. The summed E-state index contributed by atoms with van der Waals surface area (Å²) < 4.78 is 1.14. The second-order valence-corrected chi connectivity index (χ2v) is 5.61. The van der Waals surface area contributed by atoms with E-state index in [-0.39, 0.29) is 5.54 Å². The number of halogens is 1. The molecule has 1 aromatic carbocycles. The third-order valence-corrected chi connectivity index (χ3v) is 3.97. The maximum Gasteiger partial charge on any atom is 0.0445 e. The number of nitrogens with two attached hydrogens (primary N) is 1. The zero-order chi connectivity index (χ0) is 11.1. The van der Waals surface area contributed by atoms with Crippen molar-refractivity contribution in [2.45, 2.75) is 38.6 Å². The van der Waals surface area contributed by atoms with Crippen LogP contribution in [0.1, 0.15) is 37.3 Å². The van der Waals surface area contributed by atoms with Crippen LogP contribution in [0.25, 0.3) is 0 Å². The molecule has 0 aliphatic heterocycles. The lowest BCUT2D eigenvalue weighted by molar-refractivity contribution is 0.581. The van der Waals surface area contributed by atoms with Gasteiger partial charge in [0.15, 0.2) is 0 Å². The number of hydrogen-bond acceptors (Lipinski definition) is 1. The molecule has 0 saturated heterocycles. The number of hydrogen-bond donors (Lipinski definition) is 1. The first-order chi connectivity index (χ1) is 7.08. The lowest BCUT2D eigenvalue weighted by Gasteiger charge is -2.15. The number of rotatable bonds is 3. The molecule has 1 aliphatic carbocycles. The summed E-state index contributed by atoms with van der Waals surface area (Å²) in [6.07, 6.45) is 3.65. The molecule has 2 N–H and O–H groups in total. The van der Waals surface area contributed by atoms with Gasteiger partial charge in [-0.3, -0.25) is 0 Å². The van der Waals surface area contributed by atoms with E-state index in [9.17, 15) is 0 Å². The number of benzene rings is 1. The van der Waals surface area contributed by atoms with Gasteiger partial charge in [0, 0.05) is 10.0 Å². The quantitative estimate of drug-likeness (QED) is 0.888. The summed E-state index contributed by atoms with van der Waals surface area (Å²) in [4.78, 5) is 0. The van der Waals surface area contributed by atoms with Crippen LogP contribution in [0.15, 0.2) is 22.7 Å². The second-order valence-electron chi connectivity index (χ2n) is 4.69. The molecule has 15 heavy (non-hydrogen) atoms. The highest BCUT2D eigenvalue weighted by molar-refractivity contribution is 9.10. The van der Waals surface area contributed by atoms with E-state index in [2.05, 4.69) is 48.0 Å². The summed E-state index contributed by atoms with van der Waals surface area (Å²) in [6, 6.07) is 6.43. The van der Waals surface area contributed by atoms with Crippen molar-refractivity contribution in [1.82, 2.24) is 0 Å². The molecule has 2 heteroatoms. The van der Waals surface area contributed by atoms with E-state index >= 15 is 0 Å². The van der Waals surface area contributed by atoms with Gasteiger partial charge >= 0.3 is 0 Å². The minimum absolute atomic E-state index is 0.0270. The highest BCUT2D eigenvalue weighted by Crippen LogP contribution is 2.53. The summed E-state index contributed by atoms with van der Waals surface area (Å²) in [5, 5.41) is 0. The van der Waals surface area contributed by atoms with Crippen LogP contribution in [0, 0.1) is 12.8 Å². The maximum atomic E-state index is 6.43. The predicted molar refractivity (Wildman–Crippen MR) is 67.8 cm³/mol. The predicted octanol–water partition coefficient (Wildman–Crippen LogP) is 3.73. The maximum absolute atomic E-state index is 6.43. The van der Waals surface area contributed by atoms with Gasteiger partial charge in [-0.2, -0.15) is 0 Å². The molecule has 82 valence electrons. The van der Waals surface area contributed by atoms with Crippen LogP contribution in [0.2, 0.25) is 0 Å². The molecule has 0 heterocycles. The molecule has 1 nitrogen and oxygen atoms in total. The van der Waals surface area contributed by atoms with Crippen LogP contribution in [0.3, 0.4) is 0 Å². The minimum atomic E-state index is -0.0270. The van der Waals surface area contributed by atoms with Gasteiger partial charge in [-0.15, -0.1) is 0 Å². The fourth-order valence-electron chi connectivity index (χ4n) is 2.54. The normalized spacial score (nSPS) is 29.2. The Labute approximate surface area is 100 Å². The van der Waals surface area contributed by atoms with Crippen LogP contribution < -0.4 is 5.73 Å². The van der Waals surface area contributed by atoms with Gasteiger partial charge in [0.25, 0.3) is 0 Å². The number of aryl methyl sites for hydroxylation is 1. The Kier molecular flexibility index (Phi) is 2.91. The van der Waals surface area contributed by atoms with Crippen molar-refractivity contribution in [3.05, 3.63) is 33.8 Å². The molecular weight excluding hydrogens is 250 g/mol. The SMILES string of the molecule is CCCC1CC1(N)c1ccc(Br)cc1C. The Balaban J connectivity index is 2.24. The fourth-order valence-corrected chi connectivity index (χ4v) is 3.01. The van der Waals surface area contributed by atoms with E-state index < -0.39 is 0 Å². The van der Waals surface area contributed by atoms with Crippen LogP contribution in [-0.2, 0) is 5.54 Å². The first kappa shape index (κ1) is 11.2. The molecular formula is C13H18BrN. The first-order valence-corrected chi connectivity index (χ1v) is 6.42. The largest absolute Gasteiger partial charge is 0.321 e. The van der Waals surface area contributed by atoms with Gasteiger partial charge in [0.1, 0.15) is 0 Å². The highest BCUT2D eigenvalue weighted by Gasteiger charge is 2.51. The van der Waals surface area contributed by atoms with Crippen molar-refractivity contribution in [2.75, 3.05) is 0 Å². The molecule has 1 saturated carbocycles. The van der Waals surface area contributed by atoms with Crippen molar-refractivity contribution < 1.29 is 0 Å². The monoisotopic (exact) mass is 267 g/mol. The van der Waals surface area contributed by atoms with Crippen molar-refractivity contribution in [2.24, 2.45) is 11.7 Å². The van der Waals surface area contributed by atoms with Crippen molar-refractivity contribution in [3.8, 4) is 0 Å². The van der Waals surface area contributed by atoms with Crippen LogP contribution in [-0.4, -0.2) is 0 Å². The molecule has 2 rings (SSSR count). The van der Waals surface area contributed by atoms with Gasteiger partial charge in [-0.1, -0.05) is 35.3 Å². The van der Waals surface area contributed by atoms with Crippen LogP contribution in [0.4, 0.5) is 0 Å². The molecule has 1 aromatic rings. The zero-order valence-corrected chi connectivity index (χ0v) is 11.0. The van der Waals surface area contributed by atoms with Gasteiger partial charge < -0.3 is 5.73 Å². The summed E-state index contributed by atoms with van der Waals surface area (Å²) in [5.74, 6) is 0.697. The van der Waals surface area contributed by atoms with E-state index in [4.69, 9.17) is 5.73 Å². The topological polar surface area (TPSA) is 26.0 Å². The molecule has 0 aromatic heterocycles. The Morgan fingerprint density at radius 2 is 2.27 bits per heavy atom. The van der Waals surface area contributed by atoms with E-state index in [1.165, 1.54) is 24.0 Å². The Morgan fingerprint density at radius 3 is 2.87 bits per heavy atom. The van der Waals surface area contributed by atoms with E-state index in [0.29, 0.717) is 5.92 Å². The van der Waals surface area contributed by atoms with Gasteiger partial charge in [-0.25, -0.2) is 0 Å². The van der Waals surface area contributed by atoms with E-state index in [1.54, 1.807) is 0 Å². The highest BCUT2D eigenvalue weighted by atomic mass is 79.9. The third-order valence-electron chi connectivity index (χ3n) is 3.48. The Morgan fingerprint density at radius 1 is 1.53 bits per heavy atom. The van der Waals surface area contributed by atoms with Crippen LogP contribution in [0.5, 0.6) is 0 Å². The van der Waals surface area contributed by atoms with Gasteiger partial charge in [0.2, 0.25) is 0 Å². The Bertz CT molecular complexity index is 375. The first-order valence-electron chi connectivity index (χ1n) is 5.63. The molecule has 1 fully saturated rings. The molecule has 0 bridgehead atoms. The van der Waals surface area contributed by atoms with E-state index in [0.717, 1.165) is 10.9 Å². The van der Waals surface area contributed by atoms with Crippen molar-refractivity contribution in [3.63, 3.8) is 0 Å². The molecule has 0 radical (unpaired) electrons. The van der Waals surface area contributed by atoms with Crippen molar-refractivity contribution >= 4 is 15.9 Å². The molecule has 0 amide bonds. The molecule has 0 spiro atoms.